The quantitative estimate of drug-likeness (QED) is 0.820. The highest BCUT2D eigenvalue weighted by atomic mass is 16.2. The molecule has 0 saturated carbocycles. The molecule has 0 spiro atoms. The van der Waals surface area contributed by atoms with E-state index in [0.29, 0.717) is 6.42 Å². The molecule has 0 unspecified atom stereocenters. The molecule has 110 valence electrons. The predicted octanol–water partition coefficient (Wildman–Crippen LogP) is 1.66. The van der Waals surface area contributed by atoms with Crippen molar-refractivity contribution in [2.75, 3.05) is 28.2 Å². The fourth-order valence-corrected chi connectivity index (χ4v) is 2.26. The van der Waals surface area contributed by atoms with Crippen LogP contribution in [0.2, 0.25) is 0 Å². The third-order valence-corrected chi connectivity index (χ3v) is 3.49. The maximum atomic E-state index is 12.4. The minimum atomic E-state index is -0.333. The molecule has 0 aliphatic carbocycles. The van der Waals surface area contributed by atoms with Crippen molar-refractivity contribution in [3.05, 3.63) is 35.9 Å². The molecule has 0 aromatic heterocycles. The summed E-state index contributed by atoms with van der Waals surface area (Å²) in [6.07, 6.45) is 0.582. The summed E-state index contributed by atoms with van der Waals surface area (Å²) in [5.41, 5.74) is 1.08. The Kier molecular flexibility index (Phi) is 5.74. The highest BCUT2D eigenvalue weighted by molar-refractivity contribution is 5.87. The Morgan fingerprint density at radius 1 is 0.950 bits per heavy atom. The lowest BCUT2D eigenvalue weighted by atomic mass is 9.86. The van der Waals surface area contributed by atoms with Gasteiger partial charge in [-0.15, -0.1) is 0 Å². The average molecular weight is 276 g/mol. The number of amides is 2. The maximum Gasteiger partial charge on any atom is 0.226 e. The molecule has 0 bridgehead atoms. The third kappa shape index (κ3) is 4.08. The Morgan fingerprint density at radius 2 is 1.45 bits per heavy atom. The Bertz CT molecular complexity index is 455. The summed E-state index contributed by atoms with van der Waals surface area (Å²) in [7, 11) is 6.90. The molecule has 0 aliphatic rings. The first-order valence-electron chi connectivity index (χ1n) is 6.80. The van der Waals surface area contributed by atoms with E-state index in [1.807, 2.05) is 37.3 Å². The van der Waals surface area contributed by atoms with E-state index in [2.05, 4.69) is 0 Å². The summed E-state index contributed by atoms with van der Waals surface area (Å²) in [5, 5.41) is 0. The van der Waals surface area contributed by atoms with Crippen LogP contribution >= 0.6 is 0 Å². The fourth-order valence-electron chi connectivity index (χ4n) is 2.26. The summed E-state index contributed by atoms with van der Waals surface area (Å²) >= 11 is 0. The van der Waals surface area contributed by atoms with Gasteiger partial charge in [-0.3, -0.25) is 9.59 Å². The fraction of sp³-hybridized carbons (Fsp3) is 0.500. The zero-order valence-corrected chi connectivity index (χ0v) is 13.0. The molecule has 1 rings (SSSR count). The van der Waals surface area contributed by atoms with Crippen molar-refractivity contribution >= 4 is 11.8 Å². The molecule has 0 fully saturated rings. The smallest absolute Gasteiger partial charge is 0.226 e. The lowest BCUT2D eigenvalue weighted by Crippen LogP contribution is -2.41. The summed E-state index contributed by atoms with van der Waals surface area (Å²) < 4.78 is 0. The minimum absolute atomic E-state index is 0.00319. The van der Waals surface area contributed by atoms with Crippen LogP contribution in [0, 0.1) is 11.8 Å². The van der Waals surface area contributed by atoms with E-state index in [4.69, 9.17) is 0 Å². The van der Waals surface area contributed by atoms with E-state index in [0.717, 1.165) is 5.56 Å². The SMILES string of the molecule is C[C@H](C(=O)N(C)C)[C@@H](Cc1ccccc1)C(=O)N(C)C. The van der Waals surface area contributed by atoms with Crippen LogP contribution in [0.25, 0.3) is 0 Å². The third-order valence-electron chi connectivity index (χ3n) is 3.49. The number of rotatable bonds is 5. The van der Waals surface area contributed by atoms with Gasteiger partial charge >= 0.3 is 0 Å². The first-order valence-corrected chi connectivity index (χ1v) is 6.80. The average Bonchev–Trinajstić information content (AvgIpc) is 2.43. The van der Waals surface area contributed by atoms with Gasteiger partial charge in [0.25, 0.3) is 0 Å². The van der Waals surface area contributed by atoms with Crippen molar-refractivity contribution in [1.29, 1.82) is 0 Å². The van der Waals surface area contributed by atoms with Crippen LogP contribution in [-0.2, 0) is 16.0 Å². The van der Waals surface area contributed by atoms with Crippen molar-refractivity contribution in [2.45, 2.75) is 13.3 Å². The maximum absolute atomic E-state index is 12.4. The van der Waals surface area contributed by atoms with Crippen molar-refractivity contribution in [2.24, 2.45) is 11.8 Å². The van der Waals surface area contributed by atoms with Crippen LogP contribution < -0.4 is 0 Å². The van der Waals surface area contributed by atoms with Crippen molar-refractivity contribution in [3.63, 3.8) is 0 Å². The molecule has 1 aromatic carbocycles. The molecule has 0 N–H and O–H groups in total. The van der Waals surface area contributed by atoms with E-state index in [9.17, 15) is 9.59 Å². The summed E-state index contributed by atoms with van der Waals surface area (Å²) in [6, 6.07) is 9.82. The van der Waals surface area contributed by atoms with Gasteiger partial charge in [0, 0.05) is 34.1 Å². The van der Waals surface area contributed by atoms with Gasteiger partial charge in [-0.1, -0.05) is 37.3 Å². The zero-order valence-electron chi connectivity index (χ0n) is 13.0. The highest BCUT2D eigenvalue weighted by Gasteiger charge is 2.32. The van der Waals surface area contributed by atoms with E-state index in [-0.39, 0.29) is 23.7 Å². The number of carbonyl (C=O) groups excluding carboxylic acids is 2. The van der Waals surface area contributed by atoms with Gasteiger partial charge in [0.1, 0.15) is 0 Å². The monoisotopic (exact) mass is 276 g/mol. The molecule has 0 radical (unpaired) electrons. The Hall–Kier alpha value is -1.84. The van der Waals surface area contributed by atoms with Crippen molar-refractivity contribution in [3.8, 4) is 0 Å². The predicted molar refractivity (Wildman–Crippen MR) is 80.2 cm³/mol. The second-order valence-electron chi connectivity index (χ2n) is 5.55. The molecule has 0 aliphatic heterocycles. The molecule has 4 heteroatoms. The second-order valence-corrected chi connectivity index (χ2v) is 5.55. The molecule has 2 atom stereocenters. The molecular formula is C16H24N2O2. The number of hydrogen-bond donors (Lipinski definition) is 0. The van der Waals surface area contributed by atoms with Crippen LogP contribution in [0.3, 0.4) is 0 Å². The Balaban J connectivity index is 2.97. The largest absolute Gasteiger partial charge is 0.349 e. The molecule has 0 heterocycles. The lowest BCUT2D eigenvalue weighted by Gasteiger charge is -2.27. The number of nitrogens with zero attached hydrogens (tertiary/aromatic N) is 2. The van der Waals surface area contributed by atoms with Crippen LogP contribution in [0.5, 0.6) is 0 Å². The van der Waals surface area contributed by atoms with E-state index in [1.165, 1.54) is 0 Å². The number of benzene rings is 1. The van der Waals surface area contributed by atoms with Gasteiger partial charge in [-0.05, 0) is 12.0 Å². The van der Waals surface area contributed by atoms with Crippen LogP contribution in [-0.4, -0.2) is 49.8 Å². The molecule has 4 nitrogen and oxygen atoms in total. The summed E-state index contributed by atoms with van der Waals surface area (Å²) in [4.78, 5) is 27.6. The topological polar surface area (TPSA) is 40.6 Å². The molecular weight excluding hydrogens is 252 g/mol. The van der Waals surface area contributed by atoms with Gasteiger partial charge in [-0.25, -0.2) is 0 Å². The normalized spacial score (nSPS) is 13.4. The highest BCUT2D eigenvalue weighted by Crippen LogP contribution is 2.21. The zero-order chi connectivity index (χ0) is 15.3. The van der Waals surface area contributed by atoms with Gasteiger partial charge in [-0.2, -0.15) is 0 Å². The Labute approximate surface area is 121 Å². The summed E-state index contributed by atoms with van der Waals surface area (Å²) in [6.45, 7) is 1.83. The first kappa shape index (κ1) is 16.2. The van der Waals surface area contributed by atoms with Gasteiger partial charge in [0.2, 0.25) is 11.8 Å². The Morgan fingerprint density at radius 3 is 1.90 bits per heavy atom. The molecule has 20 heavy (non-hydrogen) atoms. The second kappa shape index (κ2) is 7.08. The van der Waals surface area contributed by atoms with Crippen molar-refractivity contribution in [1.82, 2.24) is 9.80 Å². The molecule has 2 amide bonds. The number of hydrogen-bond acceptors (Lipinski definition) is 2. The molecule has 0 saturated heterocycles. The number of carbonyl (C=O) groups is 2. The van der Waals surface area contributed by atoms with Crippen LogP contribution in [0.4, 0.5) is 0 Å². The van der Waals surface area contributed by atoms with Gasteiger partial charge < -0.3 is 9.80 Å². The van der Waals surface area contributed by atoms with Gasteiger partial charge in [0.15, 0.2) is 0 Å². The van der Waals surface area contributed by atoms with Gasteiger partial charge in [0.05, 0.1) is 5.92 Å². The van der Waals surface area contributed by atoms with E-state index in [1.54, 1.807) is 38.0 Å². The standard InChI is InChI=1S/C16H24N2O2/c1-12(15(19)17(2)3)14(16(20)18(4)5)11-13-9-7-6-8-10-13/h6-10,12,14H,11H2,1-5H3/t12-,14+/m0/s1. The van der Waals surface area contributed by atoms with Crippen LogP contribution in [0.1, 0.15) is 12.5 Å². The lowest BCUT2D eigenvalue weighted by molar-refractivity contribution is -0.143. The van der Waals surface area contributed by atoms with E-state index >= 15 is 0 Å². The van der Waals surface area contributed by atoms with E-state index < -0.39 is 0 Å². The van der Waals surface area contributed by atoms with Crippen LogP contribution in [0.15, 0.2) is 30.3 Å². The molecule has 1 aromatic rings. The first-order chi connectivity index (χ1) is 9.34. The summed E-state index contributed by atoms with van der Waals surface area (Å²) in [5.74, 6) is -0.680. The van der Waals surface area contributed by atoms with Crippen molar-refractivity contribution < 1.29 is 9.59 Å². The minimum Gasteiger partial charge on any atom is -0.349 e.